The molecule has 0 saturated carbocycles. The molecule has 2 aromatic carbocycles. The molecule has 1 atom stereocenters. The average Bonchev–Trinajstić information content (AvgIpc) is 2.79. The van der Waals surface area contributed by atoms with Gasteiger partial charge in [-0.3, -0.25) is 15.0 Å². The van der Waals surface area contributed by atoms with Crippen LogP contribution in [0.1, 0.15) is 28.9 Å². The topological polar surface area (TPSA) is 148 Å². The second-order valence-corrected chi connectivity index (χ2v) is 7.57. The number of amides is 2. The molecule has 2 aromatic rings. The molecule has 2 N–H and O–H groups in total. The Morgan fingerprint density at radius 1 is 1.21 bits per heavy atom. The number of nitro benzene ring substituents is 1. The molecular formula is C22H20ClN3O8. The smallest absolute Gasteiger partial charge is 0.338 e. The molecule has 0 saturated heterocycles. The first-order valence-electron chi connectivity index (χ1n) is 9.90. The molecule has 0 aromatic heterocycles. The summed E-state index contributed by atoms with van der Waals surface area (Å²) in [6, 6.07) is 7.76. The number of carboxylic acids is 1. The van der Waals surface area contributed by atoms with E-state index in [0.29, 0.717) is 5.69 Å². The van der Waals surface area contributed by atoms with Crippen molar-refractivity contribution in [3.05, 3.63) is 80.0 Å². The molecule has 3 rings (SSSR count). The fourth-order valence-corrected chi connectivity index (χ4v) is 3.65. The Morgan fingerprint density at radius 2 is 1.88 bits per heavy atom. The molecule has 0 bridgehead atoms. The Balaban J connectivity index is 2.11. The molecule has 0 aliphatic carbocycles. The van der Waals surface area contributed by atoms with Gasteiger partial charge in [0.25, 0.3) is 5.69 Å². The third kappa shape index (κ3) is 5.00. The Bertz CT molecular complexity index is 1180. The summed E-state index contributed by atoms with van der Waals surface area (Å²) in [5, 5.41) is 23.0. The number of aromatic carboxylic acids is 1. The van der Waals surface area contributed by atoms with Crippen LogP contribution in [0.15, 0.2) is 53.7 Å². The summed E-state index contributed by atoms with van der Waals surface area (Å²) >= 11 is 5.91. The van der Waals surface area contributed by atoms with Gasteiger partial charge in [0.05, 0.1) is 34.4 Å². The number of carboxylic acid groups (broad SMARTS) is 1. The summed E-state index contributed by atoms with van der Waals surface area (Å²) in [4.78, 5) is 49.1. The monoisotopic (exact) mass is 489 g/mol. The van der Waals surface area contributed by atoms with Gasteiger partial charge in [-0.15, -0.1) is 0 Å². The first kappa shape index (κ1) is 24.7. The van der Waals surface area contributed by atoms with Gasteiger partial charge in [-0.1, -0.05) is 17.7 Å². The highest BCUT2D eigenvalue weighted by Crippen LogP contribution is 2.36. The number of nitrogens with one attached hydrogen (secondary N) is 1. The van der Waals surface area contributed by atoms with Gasteiger partial charge in [0.15, 0.2) is 0 Å². The van der Waals surface area contributed by atoms with E-state index < -0.39 is 28.9 Å². The molecule has 12 heteroatoms. The SMILES string of the molecule is COCCOC(=O)C1=C(C)N(c2ccc(C(=O)O)cc2)C(=O)N[C@@H]1c1ccc(Cl)c([N+](=O)[O-])c1. The van der Waals surface area contributed by atoms with Crippen LogP contribution in [0.2, 0.25) is 5.02 Å². The number of nitro groups is 1. The van der Waals surface area contributed by atoms with Crippen LogP contribution in [0.3, 0.4) is 0 Å². The summed E-state index contributed by atoms with van der Waals surface area (Å²) in [6.07, 6.45) is 0. The predicted octanol–water partition coefficient (Wildman–Crippen LogP) is 3.68. The van der Waals surface area contributed by atoms with Gasteiger partial charge in [-0.05, 0) is 42.8 Å². The molecule has 11 nitrogen and oxygen atoms in total. The van der Waals surface area contributed by atoms with Gasteiger partial charge in [-0.25, -0.2) is 14.4 Å². The number of hydrogen-bond acceptors (Lipinski definition) is 7. The van der Waals surface area contributed by atoms with Crippen molar-refractivity contribution in [3.63, 3.8) is 0 Å². The Hall–Kier alpha value is -3.96. The van der Waals surface area contributed by atoms with Crippen molar-refractivity contribution in [2.24, 2.45) is 0 Å². The van der Waals surface area contributed by atoms with Crippen molar-refractivity contribution in [1.82, 2.24) is 5.32 Å². The number of nitrogens with zero attached hydrogens (tertiary/aromatic N) is 2. The van der Waals surface area contributed by atoms with Gasteiger partial charge in [-0.2, -0.15) is 0 Å². The van der Waals surface area contributed by atoms with Crippen molar-refractivity contribution >= 4 is 40.9 Å². The number of urea groups is 1. The largest absolute Gasteiger partial charge is 0.478 e. The van der Waals surface area contributed by atoms with E-state index in [1.54, 1.807) is 0 Å². The second-order valence-electron chi connectivity index (χ2n) is 7.17. The highest BCUT2D eigenvalue weighted by Gasteiger charge is 2.38. The molecular weight excluding hydrogens is 470 g/mol. The van der Waals surface area contributed by atoms with E-state index in [0.717, 1.165) is 0 Å². The van der Waals surface area contributed by atoms with Crippen LogP contribution in [-0.4, -0.2) is 48.3 Å². The van der Waals surface area contributed by atoms with Crippen molar-refractivity contribution in [2.75, 3.05) is 25.2 Å². The Labute approximate surface area is 198 Å². The Kier molecular flexibility index (Phi) is 7.49. The number of allylic oxidation sites excluding steroid dienone is 1. The van der Waals surface area contributed by atoms with Crippen molar-refractivity contribution in [1.29, 1.82) is 0 Å². The van der Waals surface area contributed by atoms with Gasteiger partial charge in [0.1, 0.15) is 11.6 Å². The van der Waals surface area contributed by atoms with Crippen molar-refractivity contribution < 1.29 is 33.9 Å². The highest BCUT2D eigenvalue weighted by atomic mass is 35.5. The molecule has 1 aliphatic rings. The summed E-state index contributed by atoms with van der Waals surface area (Å²) < 4.78 is 10.2. The third-order valence-electron chi connectivity index (χ3n) is 5.10. The van der Waals surface area contributed by atoms with Crippen LogP contribution in [0, 0.1) is 10.1 Å². The zero-order chi connectivity index (χ0) is 25.0. The van der Waals surface area contributed by atoms with Crippen molar-refractivity contribution in [2.45, 2.75) is 13.0 Å². The zero-order valence-corrected chi connectivity index (χ0v) is 18.9. The van der Waals surface area contributed by atoms with Gasteiger partial charge < -0.3 is 19.9 Å². The lowest BCUT2D eigenvalue weighted by atomic mass is 9.94. The fourth-order valence-electron chi connectivity index (χ4n) is 3.47. The lowest BCUT2D eigenvalue weighted by Gasteiger charge is -2.35. The van der Waals surface area contributed by atoms with Crippen LogP contribution in [0.4, 0.5) is 16.2 Å². The molecule has 0 fully saturated rings. The number of rotatable bonds is 8. The number of benzene rings is 2. The van der Waals surface area contributed by atoms with E-state index in [1.165, 1.54) is 61.4 Å². The number of esters is 1. The number of carbonyl (C=O) groups excluding carboxylic acids is 2. The first-order chi connectivity index (χ1) is 16.1. The van der Waals surface area contributed by atoms with Crippen LogP contribution in [-0.2, 0) is 14.3 Å². The molecule has 0 radical (unpaired) electrons. The molecule has 1 heterocycles. The minimum Gasteiger partial charge on any atom is -0.478 e. The summed E-state index contributed by atoms with van der Waals surface area (Å²) in [5.74, 6) is -1.89. The number of hydrogen-bond donors (Lipinski definition) is 2. The molecule has 178 valence electrons. The number of carbonyl (C=O) groups is 3. The molecule has 0 spiro atoms. The maximum Gasteiger partial charge on any atom is 0.338 e. The van der Waals surface area contributed by atoms with E-state index in [-0.39, 0.29) is 46.3 Å². The van der Waals surface area contributed by atoms with Crippen LogP contribution in [0.5, 0.6) is 0 Å². The van der Waals surface area contributed by atoms with E-state index in [1.807, 2.05) is 0 Å². The van der Waals surface area contributed by atoms with E-state index >= 15 is 0 Å². The lowest BCUT2D eigenvalue weighted by Crippen LogP contribution is -2.48. The molecule has 0 unspecified atom stereocenters. The number of anilines is 1. The summed E-state index contributed by atoms with van der Waals surface area (Å²) in [6.45, 7) is 1.61. The van der Waals surface area contributed by atoms with Gasteiger partial charge in [0, 0.05) is 18.9 Å². The standard InChI is InChI=1S/C22H20ClN3O8/c1-12-18(21(29)34-10-9-33-2)19(14-5-8-16(23)17(11-14)26(31)32)24-22(30)25(12)15-6-3-13(4-7-15)20(27)28/h3-8,11,19H,9-10H2,1-2H3,(H,24,30)(H,27,28)/t19-/m1/s1. The summed E-state index contributed by atoms with van der Waals surface area (Å²) in [7, 11) is 1.44. The summed E-state index contributed by atoms with van der Waals surface area (Å²) in [5.41, 5.74) is 0.441. The van der Waals surface area contributed by atoms with Crippen LogP contribution >= 0.6 is 11.6 Å². The zero-order valence-electron chi connectivity index (χ0n) is 18.1. The quantitative estimate of drug-likeness (QED) is 0.247. The first-order valence-corrected chi connectivity index (χ1v) is 10.3. The molecule has 34 heavy (non-hydrogen) atoms. The van der Waals surface area contributed by atoms with Gasteiger partial charge >= 0.3 is 18.0 Å². The van der Waals surface area contributed by atoms with Crippen LogP contribution in [0.25, 0.3) is 0 Å². The Morgan fingerprint density at radius 3 is 2.47 bits per heavy atom. The van der Waals surface area contributed by atoms with E-state index in [2.05, 4.69) is 5.32 Å². The maximum atomic E-state index is 13.1. The average molecular weight is 490 g/mol. The van der Waals surface area contributed by atoms with E-state index in [9.17, 15) is 24.5 Å². The third-order valence-corrected chi connectivity index (χ3v) is 5.42. The minimum absolute atomic E-state index is 0.0216. The lowest BCUT2D eigenvalue weighted by molar-refractivity contribution is -0.384. The number of methoxy groups -OCH3 is 1. The van der Waals surface area contributed by atoms with Crippen molar-refractivity contribution in [3.8, 4) is 0 Å². The van der Waals surface area contributed by atoms with E-state index in [4.69, 9.17) is 26.2 Å². The predicted molar refractivity (Wildman–Crippen MR) is 121 cm³/mol. The van der Waals surface area contributed by atoms with Gasteiger partial charge in [0.2, 0.25) is 0 Å². The van der Waals surface area contributed by atoms with Crippen LogP contribution < -0.4 is 10.2 Å². The second kappa shape index (κ2) is 10.3. The molecule has 1 aliphatic heterocycles. The maximum absolute atomic E-state index is 13.1. The number of ether oxygens (including phenoxy) is 2. The highest BCUT2D eigenvalue weighted by molar-refractivity contribution is 6.32. The fraction of sp³-hybridized carbons (Fsp3) is 0.227. The molecule has 2 amide bonds. The minimum atomic E-state index is -1.13. The number of halogens is 1. The normalized spacial score (nSPS) is 15.7.